The highest BCUT2D eigenvalue weighted by molar-refractivity contribution is 5.73. The van der Waals surface area contributed by atoms with Gasteiger partial charge in [0.05, 0.1) is 19.6 Å². The van der Waals surface area contributed by atoms with Crippen LogP contribution in [0.25, 0.3) is 0 Å². The Balaban J connectivity index is 1.54. The third kappa shape index (κ3) is 4.37. The molecule has 166 valence electrons. The van der Waals surface area contributed by atoms with E-state index in [2.05, 4.69) is 0 Å². The van der Waals surface area contributed by atoms with Crippen LogP contribution in [0.5, 0.6) is 5.75 Å². The third-order valence-corrected chi connectivity index (χ3v) is 5.99. The smallest absolute Gasteiger partial charge is 0.331 e. The van der Waals surface area contributed by atoms with E-state index in [0.29, 0.717) is 29.8 Å². The molecule has 0 saturated carbocycles. The van der Waals surface area contributed by atoms with Gasteiger partial charge in [0, 0.05) is 18.3 Å². The number of esters is 1. The lowest BCUT2D eigenvalue weighted by Gasteiger charge is -2.25. The van der Waals surface area contributed by atoms with E-state index in [-0.39, 0.29) is 36.8 Å². The van der Waals surface area contributed by atoms with Crippen molar-refractivity contribution in [2.75, 3.05) is 7.11 Å². The van der Waals surface area contributed by atoms with Crippen molar-refractivity contribution in [2.45, 2.75) is 32.4 Å². The molecule has 0 N–H and O–H groups in total. The van der Waals surface area contributed by atoms with Crippen molar-refractivity contribution in [1.82, 2.24) is 9.13 Å². The van der Waals surface area contributed by atoms with Crippen molar-refractivity contribution in [3.63, 3.8) is 0 Å². The highest BCUT2D eigenvalue weighted by Gasteiger charge is 2.30. The molecule has 0 saturated heterocycles. The Kier molecular flexibility index (Phi) is 6.25. The van der Waals surface area contributed by atoms with E-state index in [1.165, 1.54) is 9.13 Å². The van der Waals surface area contributed by atoms with Gasteiger partial charge >= 0.3 is 11.7 Å². The molecule has 7 nitrogen and oxygen atoms in total. The molecule has 0 spiro atoms. The first-order chi connectivity index (χ1) is 15.5. The quantitative estimate of drug-likeness (QED) is 0.557. The molecule has 0 amide bonds. The fourth-order valence-electron chi connectivity index (χ4n) is 4.20. The van der Waals surface area contributed by atoms with Crippen LogP contribution in [-0.4, -0.2) is 22.2 Å². The molecule has 0 aliphatic heterocycles. The van der Waals surface area contributed by atoms with Gasteiger partial charge in [0.1, 0.15) is 12.4 Å². The van der Waals surface area contributed by atoms with Crippen molar-refractivity contribution < 1.29 is 14.3 Å². The first kappa shape index (κ1) is 21.6. The number of aromatic nitrogens is 2. The van der Waals surface area contributed by atoms with Crippen molar-refractivity contribution in [3.8, 4) is 5.75 Å². The zero-order valence-corrected chi connectivity index (χ0v) is 18.2. The number of fused-ring (bicyclic) bond motifs is 1. The molecule has 2 aromatic carbocycles. The summed E-state index contributed by atoms with van der Waals surface area (Å²) in [6.45, 7) is 0.343. The molecule has 32 heavy (non-hydrogen) atoms. The summed E-state index contributed by atoms with van der Waals surface area (Å²) < 4.78 is 13.5. The van der Waals surface area contributed by atoms with E-state index < -0.39 is 5.92 Å². The van der Waals surface area contributed by atoms with E-state index >= 15 is 0 Å². The van der Waals surface area contributed by atoms with Gasteiger partial charge in [0.15, 0.2) is 0 Å². The number of methoxy groups -OCH3 is 1. The largest absolute Gasteiger partial charge is 0.497 e. The van der Waals surface area contributed by atoms with Gasteiger partial charge in [-0.25, -0.2) is 4.79 Å². The van der Waals surface area contributed by atoms with E-state index in [1.807, 2.05) is 54.6 Å². The zero-order chi connectivity index (χ0) is 22.7. The van der Waals surface area contributed by atoms with E-state index in [4.69, 9.17) is 9.47 Å². The minimum atomic E-state index is -0.413. The summed E-state index contributed by atoms with van der Waals surface area (Å²) in [7, 11) is 3.27. The van der Waals surface area contributed by atoms with Crippen LogP contribution in [0, 0.1) is 5.92 Å². The Morgan fingerprint density at radius 2 is 1.81 bits per heavy atom. The zero-order valence-electron chi connectivity index (χ0n) is 18.2. The minimum absolute atomic E-state index is 0.144. The molecule has 1 aromatic heterocycles. The molecule has 3 aromatic rings. The summed E-state index contributed by atoms with van der Waals surface area (Å²) in [5.74, 6) is -0.0464. The summed E-state index contributed by atoms with van der Waals surface area (Å²) in [4.78, 5) is 38.8. The number of ether oxygens (including phenoxy) is 2. The molecule has 0 bridgehead atoms. The molecule has 1 heterocycles. The van der Waals surface area contributed by atoms with E-state index in [0.717, 1.165) is 11.1 Å². The van der Waals surface area contributed by atoms with E-state index in [9.17, 15) is 14.4 Å². The summed E-state index contributed by atoms with van der Waals surface area (Å²) in [6, 6.07) is 16.7. The number of hydrogen-bond donors (Lipinski definition) is 0. The lowest BCUT2D eigenvalue weighted by molar-refractivity contribution is -0.150. The highest BCUT2D eigenvalue weighted by atomic mass is 16.5. The summed E-state index contributed by atoms with van der Waals surface area (Å²) in [5, 5.41) is 0. The second kappa shape index (κ2) is 9.26. The Bertz CT molecular complexity index is 1240. The van der Waals surface area contributed by atoms with Gasteiger partial charge in [0.2, 0.25) is 0 Å². The van der Waals surface area contributed by atoms with Gasteiger partial charge in [-0.2, -0.15) is 0 Å². The van der Waals surface area contributed by atoms with Crippen molar-refractivity contribution >= 4 is 5.97 Å². The standard InChI is InChI=1S/C25H26N2O5/c1-26-22-12-11-19(24(29)32-16-18-9-6-10-20(13-18)31-2)14-21(22)23(28)27(25(26)30)15-17-7-4-3-5-8-17/h3-10,13,19H,11-12,14-16H2,1-2H3. The Labute approximate surface area is 185 Å². The molecule has 1 aliphatic carbocycles. The molecule has 4 rings (SSSR count). The van der Waals surface area contributed by atoms with Gasteiger partial charge in [-0.1, -0.05) is 42.5 Å². The van der Waals surface area contributed by atoms with Crippen LogP contribution in [0.4, 0.5) is 0 Å². The molecule has 7 heteroatoms. The van der Waals surface area contributed by atoms with Crippen LogP contribution in [0.3, 0.4) is 0 Å². The predicted octanol–water partition coefficient (Wildman–Crippen LogP) is 2.45. The fourth-order valence-corrected chi connectivity index (χ4v) is 4.20. The number of benzene rings is 2. The Morgan fingerprint density at radius 3 is 2.56 bits per heavy atom. The third-order valence-electron chi connectivity index (χ3n) is 5.99. The van der Waals surface area contributed by atoms with Crippen molar-refractivity contribution in [2.24, 2.45) is 13.0 Å². The summed E-state index contributed by atoms with van der Waals surface area (Å²) >= 11 is 0. The van der Waals surface area contributed by atoms with E-state index in [1.54, 1.807) is 14.2 Å². The summed E-state index contributed by atoms with van der Waals surface area (Å²) in [5.41, 5.74) is 2.28. The maximum atomic E-state index is 13.2. The second-order valence-corrected chi connectivity index (χ2v) is 8.04. The van der Waals surface area contributed by atoms with Gasteiger partial charge < -0.3 is 14.0 Å². The number of nitrogens with zero attached hydrogens (tertiary/aromatic N) is 2. The Hall–Kier alpha value is -3.61. The van der Waals surface area contributed by atoms with Crippen LogP contribution in [0.2, 0.25) is 0 Å². The van der Waals surface area contributed by atoms with Crippen molar-refractivity contribution in [3.05, 3.63) is 97.8 Å². The first-order valence-electron chi connectivity index (χ1n) is 10.6. The SMILES string of the molecule is COc1cccc(COC(=O)C2CCc3c(c(=O)n(Cc4ccccc4)c(=O)n3C)C2)c1. The van der Waals surface area contributed by atoms with Crippen LogP contribution in [-0.2, 0) is 42.6 Å². The number of hydrogen-bond acceptors (Lipinski definition) is 5. The maximum absolute atomic E-state index is 13.2. The average Bonchev–Trinajstić information content (AvgIpc) is 2.84. The molecular formula is C25H26N2O5. The average molecular weight is 434 g/mol. The second-order valence-electron chi connectivity index (χ2n) is 8.04. The topological polar surface area (TPSA) is 79.5 Å². The van der Waals surface area contributed by atoms with Gasteiger partial charge in [-0.15, -0.1) is 0 Å². The van der Waals surface area contributed by atoms with Crippen LogP contribution in [0.15, 0.2) is 64.2 Å². The fraction of sp³-hybridized carbons (Fsp3) is 0.320. The van der Waals surface area contributed by atoms with Crippen LogP contribution < -0.4 is 16.0 Å². The van der Waals surface area contributed by atoms with Crippen LogP contribution in [0.1, 0.15) is 28.8 Å². The maximum Gasteiger partial charge on any atom is 0.331 e. The first-order valence-corrected chi connectivity index (χ1v) is 10.6. The van der Waals surface area contributed by atoms with Gasteiger partial charge in [-0.05, 0) is 42.5 Å². The molecule has 1 atom stereocenters. The monoisotopic (exact) mass is 434 g/mol. The van der Waals surface area contributed by atoms with Gasteiger partial charge in [-0.3, -0.25) is 14.2 Å². The normalized spacial score (nSPS) is 15.1. The molecule has 1 aliphatic rings. The van der Waals surface area contributed by atoms with Crippen LogP contribution >= 0.6 is 0 Å². The lowest BCUT2D eigenvalue weighted by atomic mass is 9.87. The predicted molar refractivity (Wildman–Crippen MR) is 120 cm³/mol. The summed E-state index contributed by atoms with van der Waals surface area (Å²) in [6.07, 6.45) is 1.30. The molecule has 0 radical (unpaired) electrons. The minimum Gasteiger partial charge on any atom is -0.497 e. The number of carbonyl (C=O) groups is 1. The molecule has 0 fully saturated rings. The molecule has 1 unspecified atom stereocenters. The number of rotatable bonds is 6. The van der Waals surface area contributed by atoms with Crippen molar-refractivity contribution in [1.29, 1.82) is 0 Å². The number of carbonyl (C=O) groups excluding carboxylic acids is 1. The lowest BCUT2D eigenvalue weighted by Crippen LogP contribution is -2.45. The Morgan fingerprint density at radius 1 is 1.06 bits per heavy atom. The highest BCUT2D eigenvalue weighted by Crippen LogP contribution is 2.24. The van der Waals surface area contributed by atoms with Gasteiger partial charge in [0.25, 0.3) is 5.56 Å². The molecular weight excluding hydrogens is 408 g/mol.